The Bertz CT molecular complexity index is 1550. The van der Waals surface area contributed by atoms with Crippen LogP contribution in [0.25, 0.3) is 31.7 Å². The van der Waals surface area contributed by atoms with Gasteiger partial charge in [-0.1, -0.05) is 43.3 Å². The van der Waals surface area contributed by atoms with Crippen molar-refractivity contribution in [2.24, 2.45) is 9.98 Å². The van der Waals surface area contributed by atoms with Gasteiger partial charge in [0.05, 0.1) is 24.8 Å². The maximum absolute atomic E-state index is 4.17. The largest absolute Gasteiger partial charge is 0.366 e. The molecule has 0 spiro atoms. The van der Waals surface area contributed by atoms with Crippen LogP contribution in [0.3, 0.4) is 0 Å². The summed E-state index contributed by atoms with van der Waals surface area (Å²) >= 11 is 3.78. The van der Waals surface area contributed by atoms with Crippen molar-refractivity contribution < 1.29 is 0 Å². The van der Waals surface area contributed by atoms with E-state index in [4.69, 9.17) is 0 Å². The van der Waals surface area contributed by atoms with E-state index in [9.17, 15) is 0 Å². The maximum Gasteiger partial charge on any atom is 0.0886 e. The van der Waals surface area contributed by atoms with Crippen molar-refractivity contribution in [3.63, 3.8) is 0 Å². The molecular formula is C30H28N4S2. The molecule has 0 saturated heterocycles. The molecule has 2 N–H and O–H groups in total. The van der Waals surface area contributed by atoms with Crippen molar-refractivity contribution in [2.45, 2.75) is 39.3 Å². The Kier molecular flexibility index (Phi) is 6.07. The number of nitrogens with one attached hydrogen (secondary N) is 2. The van der Waals surface area contributed by atoms with E-state index in [1.54, 1.807) is 12.7 Å². The molecule has 4 heterocycles. The van der Waals surface area contributed by atoms with Gasteiger partial charge in [0.2, 0.25) is 0 Å². The third-order valence-corrected chi connectivity index (χ3v) is 9.63. The second-order valence-corrected chi connectivity index (χ2v) is 11.5. The lowest BCUT2D eigenvalue weighted by Crippen LogP contribution is -2.20. The lowest BCUT2D eigenvalue weighted by molar-refractivity contribution is 0.789. The standard InChI is InChI=1S/C30H28N4S2/c1-4-26-29(25-12-14-32-17-34-25)23-10-9-22(15-27(23)36-26)20-5-7-21(8-6-20)30-28(18(2)19(3)35-30)24-11-13-31-16-33-24/h5-17,24-25H,4H2,1-3H3,(H,31,33)(H,32,34). The van der Waals surface area contributed by atoms with Crippen LogP contribution in [-0.2, 0) is 6.42 Å². The summed E-state index contributed by atoms with van der Waals surface area (Å²) in [7, 11) is 0. The van der Waals surface area contributed by atoms with Gasteiger partial charge in [0.1, 0.15) is 0 Å². The predicted octanol–water partition coefficient (Wildman–Crippen LogP) is 7.85. The quantitative estimate of drug-likeness (QED) is 0.288. The molecule has 2 aromatic carbocycles. The molecule has 0 saturated carbocycles. The third kappa shape index (κ3) is 4.00. The van der Waals surface area contributed by atoms with Gasteiger partial charge in [-0.25, -0.2) is 9.98 Å². The summed E-state index contributed by atoms with van der Waals surface area (Å²) in [5.74, 6) is 0. The van der Waals surface area contributed by atoms with Crippen LogP contribution < -0.4 is 10.6 Å². The lowest BCUT2D eigenvalue weighted by atomic mass is 9.96. The molecule has 0 aliphatic carbocycles. The monoisotopic (exact) mass is 508 g/mol. The van der Waals surface area contributed by atoms with E-state index < -0.39 is 0 Å². The molecule has 4 nitrogen and oxygen atoms in total. The number of rotatable bonds is 5. The van der Waals surface area contributed by atoms with Crippen LogP contribution >= 0.6 is 22.7 Å². The van der Waals surface area contributed by atoms with Gasteiger partial charge in [0.15, 0.2) is 0 Å². The van der Waals surface area contributed by atoms with Crippen LogP contribution in [0.1, 0.15) is 45.5 Å². The molecule has 2 unspecified atom stereocenters. The molecule has 2 aliphatic heterocycles. The molecule has 2 atom stereocenters. The molecule has 2 aromatic heterocycles. The van der Waals surface area contributed by atoms with Gasteiger partial charge in [0.25, 0.3) is 0 Å². The van der Waals surface area contributed by atoms with E-state index in [1.165, 1.54) is 58.1 Å². The third-order valence-electron chi connectivity index (χ3n) is 7.05. The minimum Gasteiger partial charge on any atom is -0.366 e. The molecule has 6 rings (SSSR count). The first-order valence-electron chi connectivity index (χ1n) is 12.3. The molecule has 36 heavy (non-hydrogen) atoms. The summed E-state index contributed by atoms with van der Waals surface area (Å²) in [5.41, 5.74) is 7.85. The average Bonchev–Trinajstić information content (AvgIpc) is 3.46. The molecule has 4 aromatic rings. The fraction of sp³-hybridized carbons (Fsp3) is 0.200. The predicted molar refractivity (Wildman–Crippen MR) is 156 cm³/mol. The fourth-order valence-corrected chi connectivity index (χ4v) is 7.52. The molecule has 0 amide bonds. The normalized spacial score (nSPS) is 18.5. The van der Waals surface area contributed by atoms with Crippen molar-refractivity contribution in [3.05, 3.63) is 93.5 Å². The molecule has 2 aliphatic rings. The minimum absolute atomic E-state index is 0.157. The molecular weight excluding hydrogens is 480 g/mol. The van der Waals surface area contributed by atoms with Gasteiger partial charge in [-0.3, -0.25) is 0 Å². The topological polar surface area (TPSA) is 48.8 Å². The summed E-state index contributed by atoms with van der Waals surface area (Å²) in [5, 5.41) is 8.14. The highest BCUT2D eigenvalue weighted by molar-refractivity contribution is 7.19. The van der Waals surface area contributed by atoms with Crippen LogP contribution in [0.2, 0.25) is 0 Å². The number of hydrogen-bond donors (Lipinski definition) is 2. The number of benzene rings is 2. The molecule has 0 bridgehead atoms. The van der Waals surface area contributed by atoms with E-state index in [1.807, 2.05) is 35.1 Å². The number of nitrogens with zero attached hydrogens (tertiary/aromatic N) is 2. The Hall–Kier alpha value is -3.48. The second-order valence-electron chi connectivity index (χ2n) is 9.13. The smallest absolute Gasteiger partial charge is 0.0886 e. The van der Waals surface area contributed by atoms with Crippen molar-refractivity contribution in [1.29, 1.82) is 0 Å². The summed E-state index contributed by atoms with van der Waals surface area (Å²) in [6.45, 7) is 6.67. The van der Waals surface area contributed by atoms with E-state index in [0.717, 1.165) is 6.42 Å². The van der Waals surface area contributed by atoms with Gasteiger partial charge >= 0.3 is 0 Å². The first-order chi connectivity index (χ1) is 17.6. The zero-order valence-electron chi connectivity index (χ0n) is 20.6. The minimum atomic E-state index is 0.157. The fourth-order valence-electron chi connectivity index (χ4n) is 5.07. The van der Waals surface area contributed by atoms with E-state index in [0.29, 0.717) is 0 Å². The van der Waals surface area contributed by atoms with Gasteiger partial charge in [0, 0.05) is 42.9 Å². The van der Waals surface area contributed by atoms with Crippen LogP contribution in [0.4, 0.5) is 0 Å². The number of fused-ring (bicyclic) bond motifs is 1. The SMILES string of the molecule is CCc1sc2cc(-c3ccc(-c4sc(C)c(C)c4C4C=CN=CN4)cc3)ccc2c1C1C=CN=CN1. The Balaban J connectivity index is 1.34. The van der Waals surface area contributed by atoms with Gasteiger partial charge in [-0.2, -0.15) is 0 Å². The van der Waals surface area contributed by atoms with Gasteiger partial charge in [-0.05, 0) is 66.1 Å². The molecule has 0 radical (unpaired) electrons. The lowest BCUT2D eigenvalue weighted by Gasteiger charge is -2.18. The number of hydrogen-bond acceptors (Lipinski definition) is 6. The van der Waals surface area contributed by atoms with Crippen molar-refractivity contribution in [3.8, 4) is 21.6 Å². The maximum atomic E-state index is 4.17. The first-order valence-corrected chi connectivity index (χ1v) is 13.9. The van der Waals surface area contributed by atoms with Crippen molar-refractivity contribution in [1.82, 2.24) is 10.6 Å². The molecule has 180 valence electrons. The molecule has 6 heteroatoms. The van der Waals surface area contributed by atoms with Crippen LogP contribution in [0.5, 0.6) is 0 Å². The number of aryl methyl sites for hydroxylation is 2. The van der Waals surface area contributed by atoms with Crippen LogP contribution in [0, 0.1) is 13.8 Å². The highest BCUT2D eigenvalue weighted by Crippen LogP contribution is 2.42. The van der Waals surface area contributed by atoms with E-state index >= 15 is 0 Å². The van der Waals surface area contributed by atoms with Crippen LogP contribution in [0.15, 0.2) is 77.0 Å². The average molecular weight is 509 g/mol. The zero-order chi connectivity index (χ0) is 24.6. The Labute approximate surface area is 219 Å². The Morgan fingerprint density at radius 3 is 2.06 bits per heavy atom. The van der Waals surface area contributed by atoms with E-state index in [-0.39, 0.29) is 12.1 Å². The second kappa shape index (κ2) is 9.52. The van der Waals surface area contributed by atoms with Crippen molar-refractivity contribution in [2.75, 3.05) is 0 Å². The zero-order valence-corrected chi connectivity index (χ0v) is 22.2. The highest BCUT2D eigenvalue weighted by atomic mass is 32.1. The Morgan fingerprint density at radius 1 is 0.778 bits per heavy atom. The Morgan fingerprint density at radius 2 is 1.42 bits per heavy atom. The summed E-state index contributed by atoms with van der Waals surface area (Å²) in [4.78, 5) is 12.5. The van der Waals surface area contributed by atoms with E-state index in [2.05, 4.69) is 96.0 Å². The first kappa shape index (κ1) is 23.0. The summed E-state index contributed by atoms with van der Waals surface area (Å²) in [6, 6.07) is 16.3. The number of thiophene rings is 2. The van der Waals surface area contributed by atoms with Gasteiger partial charge < -0.3 is 10.6 Å². The van der Waals surface area contributed by atoms with Crippen molar-refractivity contribution >= 4 is 45.4 Å². The summed E-state index contributed by atoms with van der Waals surface area (Å²) < 4.78 is 1.34. The molecule has 0 fully saturated rings. The summed E-state index contributed by atoms with van der Waals surface area (Å²) in [6.07, 6.45) is 12.6. The van der Waals surface area contributed by atoms with Crippen LogP contribution in [-0.4, -0.2) is 12.7 Å². The van der Waals surface area contributed by atoms with Gasteiger partial charge in [-0.15, -0.1) is 22.7 Å². The number of aliphatic imine (C=N–C) groups is 2. The highest BCUT2D eigenvalue weighted by Gasteiger charge is 2.22.